The summed E-state index contributed by atoms with van der Waals surface area (Å²) in [5.41, 5.74) is 18.3. The van der Waals surface area contributed by atoms with E-state index in [1.54, 1.807) is 6.20 Å². The lowest BCUT2D eigenvalue weighted by atomic mass is 10.0. The number of carboxylic acid groups (broad SMARTS) is 2. The van der Waals surface area contributed by atoms with Crippen molar-refractivity contribution in [1.82, 2.24) is 20.9 Å². The number of H-pyrrole nitrogens is 1. The van der Waals surface area contributed by atoms with Gasteiger partial charge < -0.3 is 48.3 Å². The van der Waals surface area contributed by atoms with Crippen LogP contribution in [0.2, 0.25) is 0 Å². The average Bonchev–Trinajstić information content (AvgIpc) is 3.34. The van der Waals surface area contributed by atoms with E-state index >= 15 is 0 Å². The van der Waals surface area contributed by atoms with Gasteiger partial charge in [-0.25, -0.2) is 4.79 Å². The van der Waals surface area contributed by atoms with Crippen molar-refractivity contribution in [2.45, 2.75) is 69.5 Å². The van der Waals surface area contributed by atoms with Gasteiger partial charge in [0.25, 0.3) is 0 Å². The summed E-state index contributed by atoms with van der Waals surface area (Å²) in [5, 5.41) is 26.8. The van der Waals surface area contributed by atoms with Crippen molar-refractivity contribution in [1.29, 1.82) is 0 Å². The summed E-state index contributed by atoms with van der Waals surface area (Å²) in [6.45, 7) is 0.394. The molecule has 0 aliphatic rings. The Morgan fingerprint density at radius 1 is 0.905 bits per heavy atom. The molecule has 12 N–H and O–H groups in total. The van der Waals surface area contributed by atoms with Crippen LogP contribution in [-0.4, -0.2) is 82.0 Å². The molecule has 230 valence electrons. The van der Waals surface area contributed by atoms with E-state index in [-0.39, 0.29) is 51.0 Å². The van der Waals surface area contributed by atoms with Gasteiger partial charge in [-0.2, -0.15) is 0 Å². The molecule has 2 rings (SSSR count). The van der Waals surface area contributed by atoms with E-state index in [0.717, 1.165) is 16.5 Å². The smallest absolute Gasteiger partial charge is 0.326 e. The van der Waals surface area contributed by atoms with Crippen LogP contribution in [0, 0.1) is 0 Å². The van der Waals surface area contributed by atoms with E-state index in [9.17, 15) is 29.1 Å². The SMILES string of the molecule is NC(N)=NCCCC(N)C(=O)NC(Cc1c[nH]c2ccccc12)C(=O)NCCCC(NC(=O)CCCC(=O)O)C(=O)O. The number of nitrogens with two attached hydrogens (primary N) is 3. The predicted molar refractivity (Wildman–Crippen MR) is 155 cm³/mol. The van der Waals surface area contributed by atoms with Crippen LogP contribution in [0.5, 0.6) is 0 Å². The molecule has 3 atom stereocenters. The first-order chi connectivity index (χ1) is 20.0. The maximum atomic E-state index is 13.2. The number of carboxylic acids is 2. The zero-order valence-electron chi connectivity index (χ0n) is 23.3. The van der Waals surface area contributed by atoms with Gasteiger partial charge in [0, 0.05) is 49.5 Å². The van der Waals surface area contributed by atoms with Crippen molar-refractivity contribution in [2.24, 2.45) is 22.2 Å². The number of carbonyl (C=O) groups excluding carboxylic acids is 3. The fraction of sp³-hybridized carbons (Fsp3) is 0.481. The van der Waals surface area contributed by atoms with Crippen molar-refractivity contribution in [3.05, 3.63) is 36.0 Å². The number of amides is 3. The van der Waals surface area contributed by atoms with Crippen molar-refractivity contribution >= 4 is 46.5 Å². The number of aromatic amines is 1. The van der Waals surface area contributed by atoms with Crippen LogP contribution in [0.1, 0.15) is 50.5 Å². The summed E-state index contributed by atoms with van der Waals surface area (Å²) in [7, 11) is 0. The third kappa shape index (κ3) is 11.8. The van der Waals surface area contributed by atoms with E-state index in [1.807, 2.05) is 24.3 Å². The number of nitrogens with zero attached hydrogens (tertiary/aromatic N) is 1. The Bertz CT molecular complexity index is 1260. The molecule has 3 amide bonds. The van der Waals surface area contributed by atoms with E-state index in [2.05, 4.69) is 25.9 Å². The van der Waals surface area contributed by atoms with Crippen LogP contribution in [0.15, 0.2) is 35.5 Å². The fourth-order valence-electron chi connectivity index (χ4n) is 4.22. The summed E-state index contributed by atoms with van der Waals surface area (Å²) >= 11 is 0. The first-order valence-corrected chi connectivity index (χ1v) is 13.7. The van der Waals surface area contributed by atoms with Crippen LogP contribution >= 0.6 is 0 Å². The van der Waals surface area contributed by atoms with Gasteiger partial charge >= 0.3 is 11.9 Å². The Morgan fingerprint density at radius 3 is 2.33 bits per heavy atom. The lowest BCUT2D eigenvalue weighted by Gasteiger charge is -2.21. The van der Waals surface area contributed by atoms with Crippen LogP contribution in [0.4, 0.5) is 0 Å². The second-order valence-electron chi connectivity index (χ2n) is 9.82. The molecule has 15 heteroatoms. The molecule has 0 saturated heterocycles. The molecular formula is C27H40N8O7. The molecule has 3 unspecified atom stereocenters. The molecule has 1 aromatic heterocycles. The summed E-state index contributed by atoms with van der Waals surface area (Å²) in [6, 6.07) is 4.47. The molecule has 1 heterocycles. The number of carbonyl (C=O) groups is 5. The van der Waals surface area contributed by atoms with Crippen molar-refractivity contribution < 1.29 is 34.2 Å². The standard InChI is InChI=1S/C27H40N8O7/c28-18(7-4-13-32-27(29)30)24(39)35-21(14-16-15-33-19-8-2-1-6-17(16)19)25(40)31-12-5-9-20(26(41)42)34-22(36)10-3-11-23(37)38/h1-2,6,8,15,18,20-21,33H,3-5,7,9-14,28H2,(H,31,40)(H,34,36)(H,35,39)(H,37,38)(H,41,42)(H4,29,30,32). The largest absolute Gasteiger partial charge is 0.481 e. The van der Waals surface area contributed by atoms with Gasteiger partial charge in [-0.3, -0.25) is 24.2 Å². The monoisotopic (exact) mass is 588 g/mol. The second kappa shape index (κ2) is 17.2. The summed E-state index contributed by atoms with van der Waals surface area (Å²) in [5.74, 6) is -3.91. The number of fused-ring (bicyclic) bond motifs is 1. The van der Waals surface area contributed by atoms with E-state index in [1.165, 1.54) is 0 Å². The highest BCUT2D eigenvalue weighted by atomic mass is 16.4. The molecule has 0 radical (unpaired) electrons. The number of hydrogen-bond acceptors (Lipinski definition) is 7. The topological polar surface area (TPSA) is 268 Å². The Hall–Kier alpha value is -4.66. The number of nitrogens with one attached hydrogen (secondary N) is 4. The first kappa shape index (κ1) is 33.5. The normalized spacial score (nSPS) is 13.0. The minimum absolute atomic E-state index is 0.0282. The Kier molecular flexibility index (Phi) is 13.8. The number of benzene rings is 1. The van der Waals surface area contributed by atoms with Gasteiger partial charge in [0.2, 0.25) is 17.7 Å². The van der Waals surface area contributed by atoms with Gasteiger partial charge in [0.15, 0.2) is 5.96 Å². The minimum atomic E-state index is -1.24. The van der Waals surface area contributed by atoms with Gasteiger partial charge in [0.05, 0.1) is 6.04 Å². The molecule has 1 aromatic carbocycles. The van der Waals surface area contributed by atoms with Crippen LogP contribution in [0.3, 0.4) is 0 Å². The van der Waals surface area contributed by atoms with Gasteiger partial charge in [-0.15, -0.1) is 0 Å². The minimum Gasteiger partial charge on any atom is -0.481 e. The number of para-hydroxylation sites is 1. The molecule has 0 spiro atoms. The van der Waals surface area contributed by atoms with Crippen molar-refractivity contribution in [2.75, 3.05) is 13.1 Å². The number of aromatic nitrogens is 1. The van der Waals surface area contributed by atoms with Crippen LogP contribution < -0.4 is 33.2 Å². The molecule has 0 saturated carbocycles. The first-order valence-electron chi connectivity index (χ1n) is 13.7. The summed E-state index contributed by atoms with van der Waals surface area (Å²) in [6.07, 6.45) is 2.73. The van der Waals surface area contributed by atoms with Gasteiger partial charge in [0.1, 0.15) is 12.1 Å². The zero-order valence-corrected chi connectivity index (χ0v) is 23.3. The average molecular weight is 589 g/mol. The number of guanidine groups is 1. The molecule has 0 aliphatic heterocycles. The van der Waals surface area contributed by atoms with Crippen LogP contribution in [-0.2, 0) is 30.4 Å². The number of rotatable bonds is 19. The number of hydrogen-bond donors (Lipinski definition) is 9. The highest BCUT2D eigenvalue weighted by Gasteiger charge is 2.25. The summed E-state index contributed by atoms with van der Waals surface area (Å²) in [4.78, 5) is 67.2. The molecule has 0 fully saturated rings. The predicted octanol–water partition coefficient (Wildman–Crippen LogP) is -0.703. The van der Waals surface area contributed by atoms with E-state index < -0.39 is 47.8 Å². The third-order valence-electron chi connectivity index (χ3n) is 6.43. The van der Waals surface area contributed by atoms with Gasteiger partial charge in [-0.05, 0) is 43.7 Å². The quantitative estimate of drug-likeness (QED) is 0.0565. The molecule has 0 aliphatic carbocycles. The Morgan fingerprint density at radius 2 is 1.64 bits per heavy atom. The lowest BCUT2D eigenvalue weighted by molar-refractivity contribution is -0.142. The Labute approximate surface area is 242 Å². The highest BCUT2D eigenvalue weighted by Crippen LogP contribution is 2.19. The molecule has 2 aromatic rings. The third-order valence-corrected chi connectivity index (χ3v) is 6.43. The van der Waals surface area contributed by atoms with Gasteiger partial charge in [-0.1, -0.05) is 18.2 Å². The van der Waals surface area contributed by atoms with Crippen molar-refractivity contribution in [3.63, 3.8) is 0 Å². The van der Waals surface area contributed by atoms with Crippen LogP contribution in [0.25, 0.3) is 10.9 Å². The lowest BCUT2D eigenvalue weighted by Crippen LogP contribution is -2.52. The number of aliphatic carboxylic acids is 2. The molecule has 15 nitrogen and oxygen atoms in total. The highest BCUT2D eigenvalue weighted by molar-refractivity contribution is 5.91. The van der Waals surface area contributed by atoms with E-state index in [0.29, 0.717) is 19.4 Å². The van der Waals surface area contributed by atoms with Crippen molar-refractivity contribution in [3.8, 4) is 0 Å². The number of aliphatic imine (C=N–C) groups is 1. The maximum absolute atomic E-state index is 13.2. The molecule has 42 heavy (non-hydrogen) atoms. The zero-order chi connectivity index (χ0) is 31.1. The maximum Gasteiger partial charge on any atom is 0.326 e. The second-order valence-corrected chi connectivity index (χ2v) is 9.82. The molecular weight excluding hydrogens is 548 g/mol. The molecule has 0 bridgehead atoms. The van der Waals surface area contributed by atoms with E-state index in [4.69, 9.17) is 22.3 Å². The fourth-order valence-corrected chi connectivity index (χ4v) is 4.22. The Balaban J connectivity index is 1.98. The summed E-state index contributed by atoms with van der Waals surface area (Å²) < 4.78 is 0.